The summed E-state index contributed by atoms with van der Waals surface area (Å²) < 4.78 is 11.0. The molecule has 0 radical (unpaired) electrons. The van der Waals surface area contributed by atoms with Gasteiger partial charge in [0.15, 0.2) is 0 Å². The molecule has 0 unspecified atom stereocenters. The van der Waals surface area contributed by atoms with Gasteiger partial charge in [0.25, 0.3) is 0 Å². The van der Waals surface area contributed by atoms with Gasteiger partial charge in [0.05, 0.1) is 22.1 Å². The quantitative estimate of drug-likeness (QED) is 0.183. The molecule has 11 rings (SSSR count). The van der Waals surface area contributed by atoms with Crippen LogP contribution in [-0.2, 0) is 0 Å². The molecular weight excluding hydrogens is 635 g/mol. The summed E-state index contributed by atoms with van der Waals surface area (Å²) in [5, 5.41) is 7.16. The van der Waals surface area contributed by atoms with Crippen molar-refractivity contribution < 1.29 is 4.42 Å². The van der Waals surface area contributed by atoms with Crippen molar-refractivity contribution in [3.8, 4) is 11.4 Å². The van der Waals surface area contributed by atoms with Crippen LogP contribution in [0.4, 0.5) is 17.1 Å². The predicted octanol–water partition coefficient (Wildman–Crippen LogP) is 13.2. The lowest BCUT2D eigenvalue weighted by Crippen LogP contribution is -2.10. The van der Waals surface area contributed by atoms with E-state index < -0.39 is 0 Å². The van der Waals surface area contributed by atoms with Gasteiger partial charge in [-0.3, -0.25) is 0 Å². The van der Waals surface area contributed by atoms with Crippen LogP contribution in [0.5, 0.6) is 0 Å². The van der Waals surface area contributed by atoms with Gasteiger partial charge >= 0.3 is 0 Å². The maximum absolute atomic E-state index is 6.25. The van der Waals surface area contributed by atoms with E-state index in [2.05, 4.69) is 190 Å². The minimum absolute atomic E-state index is 0.882. The number of hydrogen-bond donors (Lipinski definition) is 0. The molecular formula is C48H31N3O. The summed E-state index contributed by atoms with van der Waals surface area (Å²) in [6.07, 6.45) is 0. The molecule has 4 heteroatoms. The van der Waals surface area contributed by atoms with Crippen molar-refractivity contribution in [2.75, 3.05) is 4.90 Å². The van der Waals surface area contributed by atoms with E-state index >= 15 is 0 Å². The molecule has 0 aliphatic rings. The van der Waals surface area contributed by atoms with Crippen molar-refractivity contribution in [1.29, 1.82) is 0 Å². The molecule has 3 aromatic heterocycles. The first-order valence-corrected chi connectivity index (χ1v) is 17.7. The molecule has 3 heterocycles. The van der Waals surface area contributed by atoms with Crippen molar-refractivity contribution >= 4 is 82.6 Å². The van der Waals surface area contributed by atoms with Crippen LogP contribution in [0.3, 0.4) is 0 Å². The Morgan fingerprint density at radius 3 is 1.40 bits per heavy atom. The Bertz CT molecular complexity index is 3080. The van der Waals surface area contributed by atoms with Crippen LogP contribution in [0.25, 0.3) is 76.9 Å². The van der Waals surface area contributed by atoms with E-state index in [1.54, 1.807) is 0 Å². The molecule has 0 saturated carbocycles. The lowest BCUT2D eigenvalue weighted by Gasteiger charge is -2.26. The van der Waals surface area contributed by atoms with Gasteiger partial charge in [-0.1, -0.05) is 91.0 Å². The van der Waals surface area contributed by atoms with Gasteiger partial charge in [0, 0.05) is 60.8 Å². The van der Waals surface area contributed by atoms with E-state index in [1.165, 1.54) is 43.6 Å². The molecule has 0 bridgehead atoms. The predicted molar refractivity (Wildman–Crippen MR) is 217 cm³/mol. The second-order valence-corrected chi connectivity index (χ2v) is 13.4. The first kappa shape index (κ1) is 28.8. The van der Waals surface area contributed by atoms with Gasteiger partial charge < -0.3 is 18.5 Å². The van der Waals surface area contributed by atoms with Crippen LogP contribution >= 0.6 is 0 Å². The fourth-order valence-corrected chi connectivity index (χ4v) is 8.21. The van der Waals surface area contributed by atoms with Gasteiger partial charge in [0.1, 0.15) is 11.2 Å². The Balaban J connectivity index is 1.13. The highest BCUT2D eigenvalue weighted by Gasteiger charge is 2.19. The van der Waals surface area contributed by atoms with E-state index in [9.17, 15) is 0 Å². The Morgan fingerprint density at radius 2 is 0.750 bits per heavy atom. The van der Waals surface area contributed by atoms with Crippen molar-refractivity contribution in [2.24, 2.45) is 0 Å². The molecule has 0 N–H and O–H groups in total. The Hall–Kier alpha value is -7.04. The summed E-state index contributed by atoms with van der Waals surface area (Å²) in [4.78, 5) is 2.37. The summed E-state index contributed by atoms with van der Waals surface area (Å²) in [7, 11) is 0. The third-order valence-corrected chi connectivity index (χ3v) is 10.5. The number of fused-ring (bicyclic) bond motifs is 9. The van der Waals surface area contributed by atoms with Crippen molar-refractivity contribution in [3.05, 3.63) is 188 Å². The molecule has 0 aliphatic carbocycles. The lowest BCUT2D eigenvalue weighted by atomic mass is 10.1. The topological polar surface area (TPSA) is 26.2 Å². The summed E-state index contributed by atoms with van der Waals surface area (Å²) in [5.74, 6) is 0. The van der Waals surface area contributed by atoms with Gasteiger partial charge in [-0.25, -0.2) is 0 Å². The number of furan rings is 1. The third-order valence-electron chi connectivity index (χ3n) is 10.5. The Labute approximate surface area is 299 Å². The number of aromatic nitrogens is 2. The summed E-state index contributed by atoms with van der Waals surface area (Å²) >= 11 is 0. The molecule has 0 atom stereocenters. The summed E-state index contributed by atoms with van der Waals surface area (Å²) in [6, 6.07) is 67.3. The number of anilines is 3. The maximum atomic E-state index is 6.25. The number of nitrogens with zero attached hydrogens (tertiary/aromatic N) is 3. The first-order valence-electron chi connectivity index (χ1n) is 17.7. The molecule has 4 nitrogen and oxygen atoms in total. The SMILES string of the molecule is c1ccc(-n2c3ccccc3c3cc(N(c4ccc(-n5c6ccccc6c6ccccc65)cc4)c4ccc5oc6ccccc6c5c4)ccc32)cc1. The van der Waals surface area contributed by atoms with E-state index in [0.29, 0.717) is 0 Å². The third kappa shape index (κ3) is 4.28. The average molecular weight is 666 g/mol. The van der Waals surface area contributed by atoms with Crippen LogP contribution in [-0.4, -0.2) is 9.13 Å². The summed E-state index contributed by atoms with van der Waals surface area (Å²) in [6.45, 7) is 0. The van der Waals surface area contributed by atoms with Crippen LogP contribution in [0, 0.1) is 0 Å². The lowest BCUT2D eigenvalue weighted by molar-refractivity contribution is 0.669. The molecule has 0 fully saturated rings. The average Bonchev–Trinajstić information content (AvgIpc) is 3.86. The number of hydrogen-bond acceptors (Lipinski definition) is 2. The largest absolute Gasteiger partial charge is 0.456 e. The van der Waals surface area contributed by atoms with Crippen LogP contribution < -0.4 is 4.90 Å². The van der Waals surface area contributed by atoms with Gasteiger partial charge in [-0.05, 0) is 97.1 Å². The maximum Gasteiger partial charge on any atom is 0.135 e. The second-order valence-electron chi connectivity index (χ2n) is 13.4. The standard InChI is InChI=1S/C48H31N3O/c1-2-12-32(13-3-1)50-45-20-10-6-16-39(45)41-30-35(26-28-46(41)50)49(36-27-29-48-42(31-36)40-17-7-11-21-47(40)52-48)33-22-24-34(25-23-33)51-43-18-8-4-14-37(43)38-15-5-9-19-44(38)51/h1-31H. The fraction of sp³-hybridized carbons (Fsp3) is 0. The van der Waals surface area contributed by atoms with Gasteiger partial charge in [0.2, 0.25) is 0 Å². The van der Waals surface area contributed by atoms with Crippen molar-refractivity contribution in [2.45, 2.75) is 0 Å². The molecule has 244 valence electrons. The molecule has 52 heavy (non-hydrogen) atoms. The highest BCUT2D eigenvalue weighted by atomic mass is 16.3. The van der Waals surface area contributed by atoms with Crippen LogP contribution in [0.2, 0.25) is 0 Å². The van der Waals surface area contributed by atoms with E-state index in [-0.39, 0.29) is 0 Å². The van der Waals surface area contributed by atoms with Crippen molar-refractivity contribution in [1.82, 2.24) is 9.13 Å². The zero-order chi connectivity index (χ0) is 34.2. The van der Waals surface area contributed by atoms with Gasteiger partial charge in [-0.15, -0.1) is 0 Å². The Morgan fingerprint density at radius 1 is 0.308 bits per heavy atom. The van der Waals surface area contributed by atoms with E-state index in [1.807, 2.05) is 12.1 Å². The molecule has 0 aliphatic heterocycles. The van der Waals surface area contributed by atoms with E-state index in [4.69, 9.17) is 4.42 Å². The van der Waals surface area contributed by atoms with E-state index in [0.717, 1.165) is 50.4 Å². The van der Waals surface area contributed by atoms with Gasteiger partial charge in [-0.2, -0.15) is 0 Å². The smallest absolute Gasteiger partial charge is 0.135 e. The zero-order valence-electron chi connectivity index (χ0n) is 28.1. The monoisotopic (exact) mass is 665 g/mol. The zero-order valence-corrected chi connectivity index (χ0v) is 28.1. The number of rotatable bonds is 5. The normalized spacial score (nSPS) is 11.8. The second kappa shape index (κ2) is 11.2. The Kier molecular flexibility index (Phi) is 6.22. The van der Waals surface area contributed by atoms with Crippen LogP contribution in [0.1, 0.15) is 0 Å². The minimum Gasteiger partial charge on any atom is -0.456 e. The first-order chi connectivity index (χ1) is 25.8. The number of para-hydroxylation sites is 5. The number of benzene rings is 8. The van der Waals surface area contributed by atoms with Crippen LogP contribution in [0.15, 0.2) is 192 Å². The highest BCUT2D eigenvalue weighted by molar-refractivity contribution is 6.12. The summed E-state index contributed by atoms with van der Waals surface area (Å²) in [5.41, 5.74) is 12.0. The molecule has 11 aromatic rings. The minimum atomic E-state index is 0.882. The molecule has 0 spiro atoms. The molecule has 0 amide bonds. The highest BCUT2D eigenvalue weighted by Crippen LogP contribution is 2.42. The molecule has 8 aromatic carbocycles. The molecule has 0 saturated heterocycles. The fourth-order valence-electron chi connectivity index (χ4n) is 8.21. The van der Waals surface area contributed by atoms with Crippen molar-refractivity contribution in [3.63, 3.8) is 0 Å².